The van der Waals surface area contributed by atoms with Crippen LogP contribution in [0.2, 0.25) is 0 Å². The summed E-state index contributed by atoms with van der Waals surface area (Å²) >= 11 is 5.65. The van der Waals surface area contributed by atoms with Crippen molar-refractivity contribution in [3.05, 3.63) is 24.3 Å². The van der Waals surface area contributed by atoms with Gasteiger partial charge in [-0.1, -0.05) is 0 Å². The number of nitrogens with zero attached hydrogens (tertiary/aromatic N) is 3. The molecule has 0 aliphatic carbocycles. The fourth-order valence-corrected chi connectivity index (χ4v) is 1.68. The van der Waals surface area contributed by atoms with E-state index in [1.54, 1.807) is 12.4 Å². The summed E-state index contributed by atoms with van der Waals surface area (Å²) in [5.74, 6) is 1.76. The zero-order valence-corrected chi connectivity index (χ0v) is 8.83. The van der Waals surface area contributed by atoms with Gasteiger partial charge < -0.3 is 4.57 Å². The molecule has 74 valence electrons. The van der Waals surface area contributed by atoms with Crippen LogP contribution in [0, 0.1) is 0 Å². The molecule has 0 aliphatic rings. The average molecular weight is 210 g/mol. The minimum Gasteiger partial charge on any atom is -0.331 e. The smallest absolute Gasteiger partial charge is 0.109 e. The van der Waals surface area contributed by atoms with Gasteiger partial charge in [-0.2, -0.15) is 0 Å². The molecule has 0 saturated heterocycles. The lowest BCUT2D eigenvalue weighted by Crippen LogP contribution is -1.98. The summed E-state index contributed by atoms with van der Waals surface area (Å²) in [5, 5.41) is 0. The molecule has 0 bridgehead atoms. The predicted molar refractivity (Wildman–Crippen MR) is 57.6 cm³/mol. The Kier molecular flexibility index (Phi) is 2.68. The van der Waals surface area contributed by atoms with Crippen LogP contribution in [0.15, 0.2) is 18.5 Å². The van der Waals surface area contributed by atoms with Crippen LogP contribution in [-0.2, 0) is 13.5 Å². The van der Waals surface area contributed by atoms with Crippen molar-refractivity contribution in [2.24, 2.45) is 7.05 Å². The molecule has 0 unspecified atom stereocenters. The third-order valence-corrected chi connectivity index (χ3v) is 2.58. The molecule has 0 atom stereocenters. The van der Waals surface area contributed by atoms with Crippen molar-refractivity contribution in [2.45, 2.75) is 12.8 Å². The Balaban J connectivity index is 2.41. The zero-order chi connectivity index (χ0) is 9.97. The molecule has 0 aromatic carbocycles. The van der Waals surface area contributed by atoms with Gasteiger partial charge in [-0.3, -0.25) is 4.98 Å². The number of aromatic nitrogens is 3. The van der Waals surface area contributed by atoms with Crippen molar-refractivity contribution in [3.63, 3.8) is 0 Å². The van der Waals surface area contributed by atoms with E-state index in [1.807, 2.05) is 13.1 Å². The van der Waals surface area contributed by atoms with E-state index in [4.69, 9.17) is 11.6 Å². The summed E-state index contributed by atoms with van der Waals surface area (Å²) in [6.45, 7) is 0. The van der Waals surface area contributed by atoms with Crippen molar-refractivity contribution in [2.75, 3.05) is 5.88 Å². The Bertz CT molecular complexity index is 436. The lowest BCUT2D eigenvalue weighted by molar-refractivity contribution is 0.775. The van der Waals surface area contributed by atoms with E-state index in [9.17, 15) is 0 Å². The summed E-state index contributed by atoms with van der Waals surface area (Å²) in [6, 6.07) is 1.98. The number of fused-ring (bicyclic) bond motifs is 1. The molecule has 0 aliphatic heterocycles. The van der Waals surface area contributed by atoms with Gasteiger partial charge in [0.2, 0.25) is 0 Å². The molecular formula is C10H12ClN3. The Hall–Kier alpha value is -1.09. The van der Waals surface area contributed by atoms with Gasteiger partial charge in [0, 0.05) is 25.5 Å². The Labute approximate surface area is 87.7 Å². The summed E-state index contributed by atoms with van der Waals surface area (Å²) in [6.07, 6.45) is 5.47. The SMILES string of the molecule is Cn1c(CCCCl)nc2cnccc21. The number of aryl methyl sites for hydroxylation is 2. The van der Waals surface area contributed by atoms with Crippen LogP contribution in [0.5, 0.6) is 0 Å². The van der Waals surface area contributed by atoms with E-state index in [0.29, 0.717) is 5.88 Å². The number of imidazole rings is 1. The summed E-state index contributed by atoms with van der Waals surface area (Å²) in [5.41, 5.74) is 2.09. The minimum atomic E-state index is 0.682. The number of pyridine rings is 1. The molecule has 2 rings (SSSR count). The molecule has 2 aromatic rings. The summed E-state index contributed by atoms with van der Waals surface area (Å²) in [7, 11) is 2.03. The first-order chi connectivity index (χ1) is 6.83. The third-order valence-electron chi connectivity index (χ3n) is 2.31. The van der Waals surface area contributed by atoms with Crippen LogP contribution in [0.1, 0.15) is 12.2 Å². The van der Waals surface area contributed by atoms with Gasteiger partial charge in [0.15, 0.2) is 0 Å². The molecule has 0 spiro atoms. The van der Waals surface area contributed by atoms with Crippen molar-refractivity contribution < 1.29 is 0 Å². The van der Waals surface area contributed by atoms with E-state index in [2.05, 4.69) is 14.5 Å². The lowest BCUT2D eigenvalue weighted by Gasteiger charge is -1.99. The molecule has 3 nitrogen and oxygen atoms in total. The monoisotopic (exact) mass is 209 g/mol. The third kappa shape index (κ3) is 1.60. The molecule has 0 saturated carbocycles. The lowest BCUT2D eigenvalue weighted by atomic mass is 10.3. The molecule has 4 heteroatoms. The van der Waals surface area contributed by atoms with Gasteiger partial charge in [-0.15, -0.1) is 11.6 Å². The largest absolute Gasteiger partial charge is 0.331 e. The molecule has 2 heterocycles. The molecule has 0 N–H and O–H groups in total. The maximum atomic E-state index is 5.65. The standard InChI is InChI=1S/C10H12ClN3/c1-14-9-4-6-12-7-8(9)13-10(14)3-2-5-11/h4,6-7H,2-3,5H2,1H3. The summed E-state index contributed by atoms with van der Waals surface area (Å²) < 4.78 is 2.10. The van der Waals surface area contributed by atoms with E-state index in [0.717, 1.165) is 29.7 Å². The van der Waals surface area contributed by atoms with Crippen molar-refractivity contribution in [3.8, 4) is 0 Å². The van der Waals surface area contributed by atoms with Crippen molar-refractivity contribution >= 4 is 22.6 Å². The quantitative estimate of drug-likeness (QED) is 0.726. The number of halogens is 1. The predicted octanol–water partition coefficient (Wildman–Crippen LogP) is 2.14. The first kappa shape index (κ1) is 9.46. The maximum Gasteiger partial charge on any atom is 0.109 e. The highest BCUT2D eigenvalue weighted by atomic mass is 35.5. The first-order valence-corrected chi connectivity index (χ1v) is 5.17. The molecule has 2 aromatic heterocycles. The maximum absolute atomic E-state index is 5.65. The van der Waals surface area contributed by atoms with E-state index >= 15 is 0 Å². The second-order valence-corrected chi connectivity index (χ2v) is 3.62. The Morgan fingerprint density at radius 1 is 1.50 bits per heavy atom. The number of hydrogen-bond acceptors (Lipinski definition) is 2. The van der Waals surface area contributed by atoms with Gasteiger partial charge in [0.25, 0.3) is 0 Å². The topological polar surface area (TPSA) is 30.7 Å². The molecule has 0 amide bonds. The van der Waals surface area contributed by atoms with E-state index < -0.39 is 0 Å². The van der Waals surface area contributed by atoms with E-state index in [-0.39, 0.29) is 0 Å². The van der Waals surface area contributed by atoms with Gasteiger partial charge in [0.05, 0.1) is 11.7 Å². The van der Waals surface area contributed by atoms with Gasteiger partial charge in [-0.25, -0.2) is 4.98 Å². The molecule has 14 heavy (non-hydrogen) atoms. The molecular weight excluding hydrogens is 198 g/mol. The minimum absolute atomic E-state index is 0.682. The van der Waals surface area contributed by atoms with Gasteiger partial charge in [0.1, 0.15) is 11.3 Å². The van der Waals surface area contributed by atoms with Crippen molar-refractivity contribution in [1.29, 1.82) is 0 Å². The van der Waals surface area contributed by atoms with Gasteiger partial charge in [-0.05, 0) is 12.5 Å². The van der Waals surface area contributed by atoms with Crippen LogP contribution in [0.4, 0.5) is 0 Å². The van der Waals surface area contributed by atoms with E-state index in [1.165, 1.54) is 0 Å². The fourth-order valence-electron chi connectivity index (χ4n) is 1.55. The average Bonchev–Trinajstić information content (AvgIpc) is 2.54. The highest BCUT2D eigenvalue weighted by Gasteiger charge is 2.05. The Morgan fingerprint density at radius 2 is 2.36 bits per heavy atom. The fraction of sp³-hybridized carbons (Fsp3) is 0.400. The Morgan fingerprint density at radius 3 is 3.07 bits per heavy atom. The zero-order valence-electron chi connectivity index (χ0n) is 8.07. The van der Waals surface area contributed by atoms with Crippen LogP contribution in [0.25, 0.3) is 11.0 Å². The second-order valence-electron chi connectivity index (χ2n) is 3.24. The number of hydrogen-bond donors (Lipinski definition) is 0. The van der Waals surface area contributed by atoms with Crippen LogP contribution < -0.4 is 0 Å². The summed E-state index contributed by atoms with van der Waals surface area (Å²) in [4.78, 5) is 8.54. The highest BCUT2D eigenvalue weighted by molar-refractivity contribution is 6.17. The second kappa shape index (κ2) is 3.96. The van der Waals surface area contributed by atoms with Crippen LogP contribution in [0.3, 0.4) is 0 Å². The van der Waals surface area contributed by atoms with Crippen LogP contribution in [-0.4, -0.2) is 20.4 Å². The first-order valence-electron chi connectivity index (χ1n) is 4.64. The van der Waals surface area contributed by atoms with Crippen LogP contribution >= 0.6 is 11.6 Å². The molecule has 0 fully saturated rings. The number of alkyl halides is 1. The molecule has 0 radical (unpaired) electrons. The highest BCUT2D eigenvalue weighted by Crippen LogP contribution is 2.14. The normalized spacial score (nSPS) is 11.0. The van der Waals surface area contributed by atoms with Crippen molar-refractivity contribution in [1.82, 2.24) is 14.5 Å². The number of rotatable bonds is 3. The van der Waals surface area contributed by atoms with Gasteiger partial charge >= 0.3 is 0 Å².